The first-order valence-corrected chi connectivity index (χ1v) is 6.50. The average molecular weight is 245 g/mol. The lowest BCUT2D eigenvalue weighted by Crippen LogP contribution is -2.34. The van der Waals surface area contributed by atoms with Gasteiger partial charge in [0.05, 0.1) is 6.61 Å². The van der Waals surface area contributed by atoms with Crippen molar-refractivity contribution in [3.63, 3.8) is 0 Å². The number of unbranched alkanes of at least 4 members (excludes halogenated alkanes) is 2. The lowest BCUT2D eigenvalue weighted by atomic mass is 10.4. The number of nitrogens with one attached hydrogen (secondary N) is 1. The zero-order valence-corrected chi connectivity index (χ0v) is 11.2. The topological polar surface area (TPSA) is 68.9 Å². The van der Waals surface area contributed by atoms with Crippen molar-refractivity contribution in [1.82, 2.24) is 5.32 Å². The van der Waals surface area contributed by atoms with Crippen LogP contribution >= 0.6 is 0 Å². The van der Waals surface area contributed by atoms with E-state index in [-0.39, 0.29) is 0 Å². The van der Waals surface area contributed by atoms with Gasteiger partial charge in [-0.2, -0.15) is 0 Å². The fraction of sp³-hybridized carbons (Fsp3) is 0.917. The van der Waals surface area contributed by atoms with Gasteiger partial charge in [0, 0.05) is 19.8 Å². The van der Waals surface area contributed by atoms with Crippen LogP contribution in [0.4, 0.5) is 0 Å². The molecule has 5 heteroatoms. The highest BCUT2D eigenvalue weighted by atomic mass is 16.5. The van der Waals surface area contributed by atoms with Gasteiger partial charge in [0.15, 0.2) is 5.96 Å². The number of guanidine groups is 1. The number of hydrogen-bond donors (Lipinski definition) is 2. The molecule has 0 saturated heterocycles. The van der Waals surface area contributed by atoms with Crippen LogP contribution < -0.4 is 11.1 Å². The van der Waals surface area contributed by atoms with Crippen LogP contribution in [0.2, 0.25) is 0 Å². The fourth-order valence-corrected chi connectivity index (χ4v) is 1.08. The molecule has 0 aromatic carbocycles. The lowest BCUT2D eigenvalue weighted by molar-refractivity contribution is 0.134. The Bertz CT molecular complexity index is 187. The number of ether oxygens (including phenoxy) is 2. The van der Waals surface area contributed by atoms with E-state index in [0.717, 1.165) is 38.9 Å². The Kier molecular flexibility index (Phi) is 12.6. The van der Waals surface area contributed by atoms with Crippen LogP contribution in [0.25, 0.3) is 0 Å². The summed E-state index contributed by atoms with van der Waals surface area (Å²) in [4.78, 5) is 4.04. The number of nitrogens with two attached hydrogens (primary N) is 1. The summed E-state index contributed by atoms with van der Waals surface area (Å²) in [6.07, 6.45) is 4.46. The first-order chi connectivity index (χ1) is 8.31. The van der Waals surface area contributed by atoms with E-state index in [1.54, 1.807) is 0 Å². The van der Waals surface area contributed by atoms with Crippen molar-refractivity contribution in [2.45, 2.75) is 39.5 Å². The predicted octanol–water partition coefficient (Wildman–Crippen LogP) is 1.48. The molecule has 102 valence electrons. The quantitative estimate of drug-likeness (QED) is 0.329. The molecule has 0 bridgehead atoms. The highest BCUT2D eigenvalue weighted by Crippen LogP contribution is 1.88. The Balaban J connectivity index is 3.26. The maximum absolute atomic E-state index is 5.63. The number of nitrogens with zero attached hydrogens (tertiary/aromatic N) is 1. The van der Waals surface area contributed by atoms with Gasteiger partial charge in [-0.05, 0) is 12.8 Å². The molecule has 0 rings (SSSR count). The van der Waals surface area contributed by atoms with Gasteiger partial charge in [-0.1, -0.05) is 26.7 Å². The molecule has 0 amide bonds. The standard InChI is InChI=1S/C12H27N3O2/c1-3-5-8-16-10-7-14-12(13)15-11-17-9-6-4-2/h3-11H2,1-2H3,(H3,13,14,15). The second-order valence-electron chi connectivity index (χ2n) is 3.83. The van der Waals surface area contributed by atoms with Gasteiger partial charge in [-0.3, -0.25) is 0 Å². The molecule has 0 aromatic rings. The van der Waals surface area contributed by atoms with Crippen LogP contribution in [-0.4, -0.2) is 39.1 Å². The number of hydrogen-bond acceptors (Lipinski definition) is 3. The van der Waals surface area contributed by atoms with Crippen molar-refractivity contribution < 1.29 is 9.47 Å². The van der Waals surface area contributed by atoms with Crippen molar-refractivity contribution in [3.05, 3.63) is 0 Å². The molecule has 0 fully saturated rings. The molecule has 0 radical (unpaired) electrons. The van der Waals surface area contributed by atoms with E-state index >= 15 is 0 Å². The lowest BCUT2D eigenvalue weighted by Gasteiger charge is -2.06. The maximum atomic E-state index is 5.63. The van der Waals surface area contributed by atoms with Gasteiger partial charge in [0.25, 0.3) is 0 Å². The minimum absolute atomic E-state index is 0.329. The van der Waals surface area contributed by atoms with E-state index < -0.39 is 0 Å². The summed E-state index contributed by atoms with van der Waals surface area (Å²) in [6, 6.07) is 0. The van der Waals surface area contributed by atoms with Gasteiger partial charge < -0.3 is 20.5 Å². The SMILES string of the molecule is CCCCOCCNC(N)=NCOCCCC. The highest BCUT2D eigenvalue weighted by molar-refractivity contribution is 5.77. The molecule has 17 heavy (non-hydrogen) atoms. The molecule has 5 nitrogen and oxygen atoms in total. The van der Waals surface area contributed by atoms with Gasteiger partial charge in [-0.25, -0.2) is 4.99 Å². The van der Waals surface area contributed by atoms with Gasteiger partial charge >= 0.3 is 0 Å². The molecule has 0 spiro atoms. The van der Waals surface area contributed by atoms with Crippen LogP contribution in [0.5, 0.6) is 0 Å². The minimum atomic E-state index is 0.329. The maximum Gasteiger partial charge on any atom is 0.190 e. The predicted molar refractivity (Wildman–Crippen MR) is 71.1 cm³/mol. The molecule has 0 aromatic heterocycles. The average Bonchev–Trinajstić information content (AvgIpc) is 2.33. The Morgan fingerprint density at radius 1 is 1.06 bits per heavy atom. The van der Waals surface area contributed by atoms with Crippen molar-refractivity contribution in [2.24, 2.45) is 10.7 Å². The van der Waals surface area contributed by atoms with Crippen LogP contribution in [-0.2, 0) is 9.47 Å². The monoisotopic (exact) mass is 245 g/mol. The van der Waals surface area contributed by atoms with Crippen molar-refractivity contribution in [1.29, 1.82) is 0 Å². The van der Waals surface area contributed by atoms with E-state index in [0.29, 0.717) is 25.8 Å². The Morgan fingerprint density at radius 2 is 1.71 bits per heavy atom. The third-order valence-electron chi connectivity index (χ3n) is 2.16. The van der Waals surface area contributed by atoms with E-state index in [1.165, 1.54) is 0 Å². The van der Waals surface area contributed by atoms with Crippen LogP contribution in [0.3, 0.4) is 0 Å². The van der Waals surface area contributed by atoms with Crippen LogP contribution in [0.1, 0.15) is 39.5 Å². The minimum Gasteiger partial charge on any atom is -0.380 e. The van der Waals surface area contributed by atoms with E-state index in [9.17, 15) is 0 Å². The summed E-state index contributed by atoms with van der Waals surface area (Å²) in [5, 5.41) is 2.97. The molecule has 0 aliphatic carbocycles. The number of aliphatic imine (C=N–C) groups is 1. The molecule has 3 N–H and O–H groups in total. The molecule has 0 heterocycles. The van der Waals surface area contributed by atoms with E-state index in [1.807, 2.05) is 0 Å². The fourth-order valence-electron chi connectivity index (χ4n) is 1.08. The summed E-state index contributed by atoms with van der Waals surface area (Å²) < 4.78 is 10.6. The third kappa shape index (κ3) is 13.1. The van der Waals surface area contributed by atoms with Crippen molar-refractivity contribution >= 4 is 5.96 Å². The molecule has 0 saturated carbocycles. The Morgan fingerprint density at radius 3 is 2.35 bits per heavy atom. The summed E-state index contributed by atoms with van der Waals surface area (Å²) in [7, 11) is 0. The highest BCUT2D eigenvalue weighted by Gasteiger charge is 1.92. The van der Waals surface area contributed by atoms with Gasteiger partial charge in [0.1, 0.15) is 6.73 Å². The van der Waals surface area contributed by atoms with E-state index in [2.05, 4.69) is 24.2 Å². The van der Waals surface area contributed by atoms with Crippen LogP contribution in [0, 0.1) is 0 Å². The molecular weight excluding hydrogens is 218 g/mol. The second kappa shape index (κ2) is 13.3. The molecular formula is C12H27N3O2. The Labute approximate surface area is 105 Å². The number of rotatable bonds is 11. The Hall–Kier alpha value is -0.810. The van der Waals surface area contributed by atoms with E-state index in [4.69, 9.17) is 15.2 Å². The first-order valence-electron chi connectivity index (χ1n) is 6.50. The summed E-state index contributed by atoms with van der Waals surface area (Å²) in [5.74, 6) is 0.417. The summed E-state index contributed by atoms with van der Waals surface area (Å²) in [5.41, 5.74) is 5.63. The van der Waals surface area contributed by atoms with Gasteiger partial charge in [0.2, 0.25) is 0 Å². The smallest absolute Gasteiger partial charge is 0.190 e. The second-order valence-corrected chi connectivity index (χ2v) is 3.83. The zero-order valence-electron chi connectivity index (χ0n) is 11.2. The van der Waals surface area contributed by atoms with Crippen molar-refractivity contribution in [2.75, 3.05) is 33.1 Å². The normalized spacial score (nSPS) is 11.8. The molecule has 0 aliphatic heterocycles. The largest absolute Gasteiger partial charge is 0.380 e. The first kappa shape index (κ1) is 16.2. The van der Waals surface area contributed by atoms with Crippen LogP contribution in [0.15, 0.2) is 4.99 Å². The molecule has 0 atom stereocenters. The summed E-state index contributed by atoms with van der Waals surface area (Å²) in [6.45, 7) is 7.51. The third-order valence-corrected chi connectivity index (χ3v) is 2.16. The molecule has 0 aliphatic rings. The van der Waals surface area contributed by atoms with Gasteiger partial charge in [-0.15, -0.1) is 0 Å². The zero-order chi connectivity index (χ0) is 12.8. The summed E-state index contributed by atoms with van der Waals surface area (Å²) >= 11 is 0. The molecule has 0 unspecified atom stereocenters. The van der Waals surface area contributed by atoms with Crippen molar-refractivity contribution in [3.8, 4) is 0 Å².